The van der Waals surface area contributed by atoms with E-state index in [1.54, 1.807) is 24.3 Å². The molecule has 0 spiro atoms. The lowest BCUT2D eigenvalue weighted by Gasteiger charge is -2.15. The van der Waals surface area contributed by atoms with Gasteiger partial charge in [-0.25, -0.2) is 4.79 Å². The number of benzene rings is 1. The van der Waals surface area contributed by atoms with E-state index in [1.807, 2.05) is 0 Å². The molecule has 0 radical (unpaired) electrons. The van der Waals surface area contributed by atoms with E-state index in [0.29, 0.717) is 36.9 Å². The number of halogens is 1. The van der Waals surface area contributed by atoms with Crippen LogP contribution in [0.1, 0.15) is 19.3 Å². The minimum absolute atomic E-state index is 0.122. The highest BCUT2D eigenvalue weighted by Gasteiger charge is 2.21. The molecule has 1 saturated heterocycles. The minimum atomic E-state index is -0.462. The van der Waals surface area contributed by atoms with Crippen molar-refractivity contribution in [2.75, 3.05) is 19.7 Å². The van der Waals surface area contributed by atoms with Gasteiger partial charge in [-0.1, -0.05) is 17.7 Å². The van der Waals surface area contributed by atoms with Gasteiger partial charge in [-0.15, -0.1) is 0 Å². The molecule has 2 rings (SSSR count). The van der Waals surface area contributed by atoms with Crippen LogP contribution in [0.4, 0.5) is 4.79 Å². The average Bonchev–Trinajstić information content (AvgIpc) is 2.69. The van der Waals surface area contributed by atoms with Gasteiger partial charge in [0.05, 0.1) is 6.54 Å². The van der Waals surface area contributed by atoms with Crippen molar-refractivity contribution in [1.29, 1.82) is 0 Å². The van der Waals surface area contributed by atoms with Gasteiger partial charge in [-0.3, -0.25) is 4.79 Å². The Bertz CT molecular complexity index is 525. The van der Waals surface area contributed by atoms with E-state index in [4.69, 9.17) is 16.3 Å². The Morgan fingerprint density at radius 2 is 2.27 bits per heavy atom. The Hall–Kier alpha value is -1.95. The van der Waals surface area contributed by atoms with Crippen molar-refractivity contribution in [2.24, 2.45) is 0 Å². The van der Waals surface area contributed by atoms with Gasteiger partial charge in [0, 0.05) is 11.6 Å². The zero-order valence-electron chi connectivity index (χ0n) is 12.2. The molecule has 1 aromatic rings. The summed E-state index contributed by atoms with van der Waals surface area (Å²) in [5, 5.41) is 8.72. The first kappa shape index (κ1) is 16.4. The van der Waals surface area contributed by atoms with E-state index in [-0.39, 0.29) is 11.9 Å². The van der Waals surface area contributed by atoms with E-state index >= 15 is 0 Å². The summed E-state index contributed by atoms with van der Waals surface area (Å²) < 4.78 is 5.46. The van der Waals surface area contributed by atoms with Crippen LogP contribution in [0.3, 0.4) is 0 Å². The first-order valence-corrected chi connectivity index (χ1v) is 7.73. The highest BCUT2D eigenvalue weighted by molar-refractivity contribution is 6.30. The Morgan fingerprint density at radius 3 is 3.09 bits per heavy atom. The molecule has 0 unspecified atom stereocenters. The standard InChI is InChI=1S/C15H20ClN3O3/c16-11-4-3-5-12(10-11)22-9-8-18-15(21)19-13-6-1-2-7-17-14(13)20/h3-5,10,13H,1-2,6-9H2,(H,17,20)(H2,18,19,21)/t13-/m0/s1. The van der Waals surface area contributed by atoms with E-state index in [0.717, 1.165) is 12.8 Å². The maximum Gasteiger partial charge on any atom is 0.315 e. The van der Waals surface area contributed by atoms with Gasteiger partial charge in [-0.2, -0.15) is 0 Å². The van der Waals surface area contributed by atoms with Crippen molar-refractivity contribution < 1.29 is 14.3 Å². The molecule has 3 amide bonds. The van der Waals surface area contributed by atoms with Crippen LogP contribution in [0.2, 0.25) is 5.02 Å². The van der Waals surface area contributed by atoms with E-state index in [1.165, 1.54) is 0 Å². The van der Waals surface area contributed by atoms with Crippen molar-refractivity contribution >= 4 is 23.5 Å². The van der Waals surface area contributed by atoms with Crippen molar-refractivity contribution in [3.05, 3.63) is 29.3 Å². The van der Waals surface area contributed by atoms with Gasteiger partial charge in [0.25, 0.3) is 0 Å². The normalized spacial score (nSPS) is 18.0. The number of hydrogen-bond acceptors (Lipinski definition) is 3. The van der Waals surface area contributed by atoms with Crippen molar-refractivity contribution in [2.45, 2.75) is 25.3 Å². The van der Waals surface area contributed by atoms with E-state index < -0.39 is 6.04 Å². The third-order valence-electron chi connectivity index (χ3n) is 3.29. The van der Waals surface area contributed by atoms with Crippen molar-refractivity contribution in [3.8, 4) is 5.75 Å². The first-order valence-electron chi connectivity index (χ1n) is 7.35. The number of hydrogen-bond donors (Lipinski definition) is 3. The fourth-order valence-corrected chi connectivity index (χ4v) is 2.36. The van der Waals surface area contributed by atoms with Gasteiger partial charge >= 0.3 is 6.03 Å². The molecule has 120 valence electrons. The summed E-state index contributed by atoms with van der Waals surface area (Å²) in [7, 11) is 0. The summed E-state index contributed by atoms with van der Waals surface area (Å²) in [6.45, 7) is 1.34. The lowest BCUT2D eigenvalue weighted by molar-refractivity contribution is -0.122. The molecule has 0 aromatic heterocycles. The van der Waals surface area contributed by atoms with Crippen LogP contribution in [0.15, 0.2) is 24.3 Å². The van der Waals surface area contributed by atoms with E-state index in [9.17, 15) is 9.59 Å². The van der Waals surface area contributed by atoms with Crippen LogP contribution in [0.25, 0.3) is 0 Å². The summed E-state index contributed by atoms with van der Waals surface area (Å²) in [5.41, 5.74) is 0. The summed E-state index contributed by atoms with van der Waals surface area (Å²) in [4.78, 5) is 23.5. The molecule has 3 N–H and O–H groups in total. The zero-order chi connectivity index (χ0) is 15.8. The first-order chi connectivity index (χ1) is 10.6. The second-order valence-electron chi connectivity index (χ2n) is 5.05. The van der Waals surface area contributed by atoms with Crippen molar-refractivity contribution in [3.63, 3.8) is 0 Å². The molecular weight excluding hydrogens is 306 g/mol. The lowest BCUT2D eigenvalue weighted by Crippen LogP contribution is -2.49. The number of ether oxygens (including phenoxy) is 1. The second kappa shape index (κ2) is 8.48. The molecule has 6 nitrogen and oxygen atoms in total. The van der Waals surface area contributed by atoms with Crippen LogP contribution in [-0.4, -0.2) is 37.7 Å². The van der Waals surface area contributed by atoms with Gasteiger partial charge in [0.1, 0.15) is 18.4 Å². The topological polar surface area (TPSA) is 79.5 Å². The smallest absolute Gasteiger partial charge is 0.315 e. The second-order valence-corrected chi connectivity index (χ2v) is 5.48. The Morgan fingerprint density at radius 1 is 1.41 bits per heavy atom. The van der Waals surface area contributed by atoms with Gasteiger partial charge in [-0.05, 0) is 37.5 Å². The molecule has 0 saturated carbocycles. The Balaban J connectivity index is 1.66. The summed E-state index contributed by atoms with van der Waals surface area (Å²) in [6.07, 6.45) is 2.53. The van der Waals surface area contributed by atoms with Gasteiger partial charge < -0.3 is 20.7 Å². The highest BCUT2D eigenvalue weighted by Crippen LogP contribution is 2.16. The van der Waals surface area contributed by atoms with Crippen LogP contribution in [-0.2, 0) is 4.79 Å². The predicted molar refractivity (Wildman–Crippen MR) is 84.1 cm³/mol. The number of rotatable bonds is 5. The molecule has 1 aliphatic heterocycles. The highest BCUT2D eigenvalue weighted by atomic mass is 35.5. The third kappa shape index (κ3) is 5.44. The molecule has 7 heteroatoms. The molecular formula is C15H20ClN3O3. The largest absolute Gasteiger partial charge is 0.492 e. The monoisotopic (exact) mass is 325 g/mol. The number of carbonyl (C=O) groups is 2. The molecule has 1 atom stereocenters. The molecule has 0 aliphatic carbocycles. The van der Waals surface area contributed by atoms with Crippen LogP contribution in [0.5, 0.6) is 5.75 Å². The van der Waals surface area contributed by atoms with Gasteiger partial charge in [0.2, 0.25) is 5.91 Å². The number of carbonyl (C=O) groups excluding carboxylic acids is 2. The zero-order valence-corrected chi connectivity index (χ0v) is 13.0. The fraction of sp³-hybridized carbons (Fsp3) is 0.467. The van der Waals surface area contributed by atoms with Crippen LogP contribution < -0.4 is 20.7 Å². The summed E-state index contributed by atoms with van der Waals surface area (Å²) in [5.74, 6) is 0.528. The van der Waals surface area contributed by atoms with Gasteiger partial charge in [0.15, 0.2) is 0 Å². The maximum absolute atomic E-state index is 11.8. The van der Waals surface area contributed by atoms with E-state index in [2.05, 4.69) is 16.0 Å². The summed E-state index contributed by atoms with van der Waals surface area (Å²) >= 11 is 5.85. The SMILES string of the molecule is O=C(NCCOc1cccc(Cl)c1)N[C@H]1CCCCNC1=O. The minimum Gasteiger partial charge on any atom is -0.492 e. The Labute approximate surface area is 134 Å². The molecule has 1 heterocycles. The molecule has 22 heavy (non-hydrogen) atoms. The maximum atomic E-state index is 11.8. The number of amides is 3. The number of urea groups is 1. The summed E-state index contributed by atoms with van der Waals surface area (Å²) in [6, 6.07) is 6.23. The number of nitrogens with one attached hydrogen (secondary N) is 3. The van der Waals surface area contributed by atoms with Crippen LogP contribution in [0, 0.1) is 0 Å². The molecule has 1 aliphatic rings. The predicted octanol–water partition coefficient (Wildman–Crippen LogP) is 1.69. The van der Waals surface area contributed by atoms with Crippen LogP contribution >= 0.6 is 11.6 Å². The van der Waals surface area contributed by atoms with Crippen molar-refractivity contribution in [1.82, 2.24) is 16.0 Å². The quantitative estimate of drug-likeness (QED) is 0.721. The molecule has 1 aromatic carbocycles. The average molecular weight is 326 g/mol. The lowest BCUT2D eigenvalue weighted by atomic mass is 10.1. The fourth-order valence-electron chi connectivity index (χ4n) is 2.18. The molecule has 1 fully saturated rings. The Kier molecular flexibility index (Phi) is 6.33. The molecule has 0 bridgehead atoms. The third-order valence-corrected chi connectivity index (χ3v) is 3.53.